The molecule has 0 aromatic carbocycles. The van der Waals surface area contributed by atoms with E-state index in [1.54, 1.807) is 0 Å². The van der Waals surface area contributed by atoms with Crippen molar-refractivity contribution in [2.45, 2.75) is 77.4 Å². The number of fused-ring (bicyclic) bond motifs is 1. The zero-order valence-electron chi connectivity index (χ0n) is 11.9. The van der Waals surface area contributed by atoms with Gasteiger partial charge in [-0.05, 0) is 44.4 Å². The van der Waals surface area contributed by atoms with Gasteiger partial charge in [-0.3, -0.25) is 9.69 Å². The van der Waals surface area contributed by atoms with Crippen LogP contribution in [0.25, 0.3) is 0 Å². The molecule has 0 radical (unpaired) electrons. The summed E-state index contributed by atoms with van der Waals surface area (Å²) in [6.07, 6.45) is 7.07. The van der Waals surface area contributed by atoms with E-state index in [0.717, 1.165) is 18.8 Å². The van der Waals surface area contributed by atoms with Crippen molar-refractivity contribution in [2.24, 2.45) is 11.8 Å². The molecule has 1 saturated carbocycles. The number of hydrogen-bond donors (Lipinski definition) is 1. The van der Waals surface area contributed by atoms with Crippen LogP contribution in [-0.4, -0.2) is 34.1 Å². The van der Waals surface area contributed by atoms with E-state index < -0.39 is 5.97 Å². The number of aliphatic carboxylic acids is 1. The predicted molar refractivity (Wildman–Crippen MR) is 72.5 cm³/mol. The van der Waals surface area contributed by atoms with E-state index >= 15 is 0 Å². The van der Waals surface area contributed by atoms with E-state index in [2.05, 4.69) is 25.7 Å². The highest BCUT2D eigenvalue weighted by molar-refractivity contribution is 5.73. The predicted octanol–water partition coefficient (Wildman–Crippen LogP) is 3.14. The third-order valence-corrected chi connectivity index (χ3v) is 5.14. The molecule has 2 fully saturated rings. The minimum absolute atomic E-state index is 0.248. The second-order valence-electron chi connectivity index (χ2n) is 6.48. The summed E-state index contributed by atoms with van der Waals surface area (Å²) in [4.78, 5) is 13.9. The fraction of sp³-hybridized carbons (Fsp3) is 0.933. The third kappa shape index (κ3) is 2.56. The molecule has 0 amide bonds. The molecule has 4 atom stereocenters. The van der Waals surface area contributed by atoms with Crippen LogP contribution in [0, 0.1) is 11.8 Å². The maximum absolute atomic E-state index is 11.5. The Morgan fingerprint density at radius 2 is 1.78 bits per heavy atom. The van der Waals surface area contributed by atoms with Crippen molar-refractivity contribution in [2.75, 3.05) is 0 Å². The number of carboxylic acids is 1. The van der Waals surface area contributed by atoms with Crippen molar-refractivity contribution in [1.82, 2.24) is 4.90 Å². The molecule has 1 saturated heterocycles. The summed E-state index contributed by atoms with van der Waals surface area (Å²) >= 11 is 0. The maximum atomic E-state index is 11.5. The van der Waals surface area contributed by atoms with Crippen LogP contribution in [0.2, 0.25) is 0 Å². The Hall–Kier alpha value is -0.570. The van der Waals surface area contributed by atoms with Gasteiger partial charge in [0.1, 0.15) is 6.04 Å². The van der Waals surface area contributed by atoms with Crippen LogP contribution in [0.5, 0.6) is 0 Å². The van der Waals surface area contributed by atoms with E-state index in [1.165, 1.54) is 25.7 Å². The number of piperidine rings is 1. The maximum Gasteiger partial charge on any atom is 0.320 e. The number of carbonyl (C=O) groups is 1. The summed E-state index contributed by atoms with van der Waals surface area (Å²) in [6.45, 7) is 6.61. The Bertz CT molecular complexity index is 303. The number of carboxylic acid groups (broad SMARTS) is 1. The van der Waals surface area contributed by atoms with E-state index in [-0.39, 0.29) is 6.04 Å². The van der Waals surface area contributed by atoms with Gasteiger partial charge in [-0.1, -0.05) is 26.7 Å². The van der Waals surface area contributed by atoms with Crippen LogP contribution in [0.3, 0.4) is 0 Å². The second-order valence-corrected chi connectivity index (χ2v) is 6.48. The molecule has 3 heteroatoms. The summed E-state index contributed by atoms with van der Waals surface area (Å²) in [5.74, 6) is 0.648. The molecule has 18 heavy (non-hydrogen) atoms. The van der Waals surface area contributed by atoms with Crippen molar-refractivity contribution < 1.29 is 9.90 Å². The van der Waals surface area contributed by atoms with Gasteiger partial charge in [-0.25, -0.2) is 0 Å². The van der Waals surface area contributed by atoms with E-state index in [1.807, 2.05) is 0 Å². The smallest absolute Gasteiger partial charge is 0.320 e. The molecule has 104 valence electrons. The molecule has 1 N–H and O–H groups in total. The Kier molecular flexibility index (Phi) is 4.31. The van der Waals surface area contributed by atoms with Crippen LogP contribution in [0.4, 0.5) is 0 Å². The van der Waals surface area contributed by atoms with Crippen LogP contribution in [-0.2, 0) is 4.79 Å². The number of likely N-dealkylation sites (tertiary alicyclic amines) is 1. The Labute approximate surface area is 111 Å². The molecule has 0 bridgehead atoms. The SMILES string of the molecule is CC(C)C(C)N1C(C(=O)O)CCC2CCCCC21. The van der Waals surface area contributed by atoms with Crippen molar-refractivity contribution >= 4 is 5.97 Å². The highest BCUT2D eigenvalue weighted by Crippen LogP contribution is 2.39. The third-order valence-electron chi connectivity index (χ3n) is 5.14. The molecule has 3 nitrogen and oxygen atoms in total. The first-order valence-electron chi connectivity index (χ1n) is 7.52. The van der Waals surface area contributed by atoms with Gasteiger partial charge in [0.2, 0.25) is 0 Å². The van der Waals surface area contributed by atoms with Gasteiger partial charge >= 0.3 is 5.97 Å². The summed E-state index contributed by atoms with van der Waals surface area (Å²) in [5, 5.41) is 9.49. The molecule has 1 aliphatic heterocycles. The number of hydrogen-bond acceptors (Lipinski definition) is 2. The Balaban J connectivity index is 2.21. The van der Waals surface area contributed by atoms with E-state index in [0.29, 0.717) is 18.0 Å². The molecule has 2 aliphatic rings. The van der Waals surface area contributed by atoms with Gasteiger partial charge in [-0.15, -0.1) is 0 Å². The summed E-state index contributed by atoms with van der Waals surface area (Å²) in [6, 6.07) is 0.643. The van der Waals surface area contributed by atoms with Gasteiger partial charge in [0.05, 0.1) is 0 Å². The minimum Gasteiger partial charge on any atom is -0.480 e. The average molecular weight is 253 g/mol. The van der Waals surface area contributed by atoms with Gasteiger partial charge in [0, 0.05) is 12.1 Å². The minimum atomic E-state index is -0.619. The lowest BCUT2D eigenvalue weighted by molar-refractivity contribution is -0.151. The van der Waals surface area contributed by atoms with Gasteiger partial charge in [0.25, 0.3) is 0 Å². The standard InChI is InChI=1S/C15H27NO2/c1-10(2)11(3)16-13-7-5-4-6-12(13)8-9-14(16)15(17)18/h10-14H,4-9H2,1-3H3,(H,17,18). The molecule has 1 aliphatic carbocycles. The largest absolute Gasteiger partial charge is 0.480 e. The van der Waals surface area contributed by atoms with Crippen LogP contribution in [0.15, 0.2) is 0 Å². The zero-order chi connectivity index (χ0) is 13.3. The van der Waals surface area contributed by atoms with Crippen molar-refractivity contribution in [1.29, 1.82) is 0 Å². The number of rotatable bonds is 3. The topological polar surface area (TPSA) is 40.5 Å². The normalized spacial score (nSPS) is 35.2. The summed E-state index contributed by atoms with van der Waals surface area (Å²) < 4.78 is 0. The fourth-order valence-corrected chi connectivity index (χ4v) is 3.85. The second kappa shape index (κ2) is 5.60. The molecule has 0 spiro atoms. The summed E-state index contributed by atoms with van der Waals surface area (Å²) in [7, 11) is 0. The van der Waals surface area contributed by atoms with Gasteiger partial charge in [-0.2, -0.15) is 0 Å². The molecular formula is C15H27NO2. The van der Waals surface area contributed by atoms with Crippen molar-refractivity contribution in [3.8, 4) is 0 Å². The Morgan fingerprint density at radius 3 is 2.39 bits per heavy atom. The first kappa shape index (κ1) is 13.9. The monoisotopic (exact) mass is 253 g/mol. The highest BCUT2D eigenvalue weighted by Gasteiger charge is 2.43. The molecule has 0 aromatic rings. The van der Waals surface area contributed by atoms with Crippen LogP contribution in [0.1, 0.15) is 59.3 Å². The van der Waals surface area contributed by atoms with Crippen molar-refractivity contribution in [3.63, 3.8) is 0 Å². The quantitative estimate of drug-likeness (QED) is 0.840. The lowest BCUT2D eigenvalue weighted by Gasteiger charge is -2.50. The van der Waals surface area contributed by atoms with Gasteiger partial charge in [0.15, 0.2) is 0 Å². The lowest BCUT2D eigenvalue weighted by Crippen LogP contribution is -2.59. The van der Waals surface area contributed by atoms with Crippen LogP contribution >= 0.6 is 0 Å². The lowest BCUT2D eigenvalue weighted by atomic mass is 9.75. The van der Waals surface area contributed by atoms with Crippen molar-refractivity contribution in [3.05, 3.63) is 0 Å². The highest BCUT2D eigenvalue weighted by atomic mass is 16.4. The zero-order valence-corrected chi connectivity index (χ0v) is 11.9. The first-order chi connectivity index (χ1) is 8.52. The van der Waals surface area contributed by atoms with E-state index in [4.69, 9.17) is 0 Å². The number of nitrogens with zero attached hydrogens (tertiary/aromatic N) is 1. The summed E-state index contributed by atoms with van der Waals surface area (Å²) in [5.41, 5.74) is 0. The average Bonchev–Trinajstić information content (AvgIpc) is 2.36. The van der Waals surface area contributed by atoms with E-state index in [9.17, 15) is 9.90 Å². The molecule has 1 heterocycles. The molecule has 4 unspecified atom stereocenters. The Morgan fingerprint density at radius 1 is 1.11 bits per heavy atom. The fourth-order valence-electron chi connectivity index (χ4n) is 3.85. The van der Waals surface area contributed by atoms with Crippen LogP contribution < -0.4 is 0 Å². The molecule has 2 rings (SSSR count). The van der Waals surface area contributed by atoms with Gasteiger partial charge < -0.3 is 5.11 Å². The molecular weight excluding hydrogens is 226 g/mol. The molecule has 0 aromatic heterocycles. The first-order valence-corrected chi connectivity index (χ1v) is 7.52.